The zero-order valence-corrected chi connectivity index (χ0v) is 17.7. The average Bonchev–Trinajstić information content (AvgIpc) is 3.04. The van der Waals surface area contributed by atoms with Crippen LogP contribution in [0.15, 0.2) is 36.4 Å². The van der Waals surface area contributed by atoms with Crippen LogP contribution in [0.3, 0.4) is 0 Å². The third kappa shape index (κ3) is 8.61. The van der Waals surface area contributed by atoms with Gasteiger partial charge in [0.05, 0.1) is 11.4 Å². The van der Waals surface area contributed by atoms with E-state index in [9.17, 15) is 14.4 Å². The van der Waals surface area contributed by atoms with E-state index in [0.717, 1.165) is 21.0 Å². The minimum absolute atomic E-state index is 0.0942. The van der Waals surface area contributed by atoms with Crippen molar-refractivity contribution in [3.05, 3.63) is 52.4 Å². The van der Waals surface area contributed by atoms with Gasteiger partial charge in [-0.1, -0.05) is 30.3 Å². The van der Waals surface area contributed by atoms with Crippen molar-refractivity contribution in [1.29, 1.82) is 0 Å². The quantitative estimate of drug-likeness (QED) is 0.644. The number of hydrogen-bond donors (Lipinski definition) is 3. The Morgan fingerprint density at radius 1 is 1.00 bits per heavy atom. The normalized spacial score (nSPS) is 11.2. The van der Waals surface area contributed by atoms with E-state index < -0.39 is 11.7 Å². The highest BCUT2D eigenvalue weighted by Crippen LogP contribution is 2.23. The summed E-state index contributed by atoms with van der Waals surface area (Å²) in [4.78, 5) is 35.5. The number of amides is 3. The van der Waals surface area contributed by atoms with Gasteiger partial charge in [-0.25, -0.2) is 10.2 Å². The van der Waals surface area contributed by atoms with Crippen LogP contribution in [0.25, 0.3) is 12.2 Å². The van der Waals surface area contributed by atoms with Gasteiger partial charge in [0.15, 0.2) is 0 Å². The fraction of sp³-hybridized carbons (Fsp3) is 0.286. The summed E-state index contributed by atoms with van der Waals surface area (Å²) in [7, 11) is 0. The molecule has 1 aromatic heterocycles. The van der Waals surface area contributed by atoms with Crippen LogP contribution in [0.2, 0.25) is 0 Å². The molecular formula is C21H25N3O4S. The molecule has 1 heterocycles. The Balaban J connectivity index is 1.83. The molecule has 7 nitrogen and oxygen atoms in total. The van der Waals surface area contributed by atoms with Gasteiger partial charge in [0.1, 0.15) is 5.60 Å². The number of carbonyl (C=O) groups excluding carboxylic acids is 3. The second-order valence-corrected chi connectivity index (χ2v) is 8.43. The number of nitrogens with one attached hydrogen (secondary N) is 3. The summed E-state index contributed by atoms with van der Waals surface area (Å²) in [6.07, 6.45) is 3.34. The van der Waals surface area contributed by atoms with Crippen molar-refractivity contribution in [2.24, 2.45) is 0 Å². The first-order valence-corrected chi connectivity index (χ1v) is 9.85. The maximum atomic E-state index is 11.9. The lowest BCUT2D eigenvalue weighted by molar-refractivity contribution is -0.121. The van der Waals surface area contributed by atoms with Crippen molar-refractivity contribution in [2.45, 2.75) is 39.7 Å². The topological polar surface area (TPSA) is 96.5 Å². The lowest BCUT2D eigenvalue weighted by Crippen LogP contribution is -2.44. The van der Waals surface area contributed by atoms with Gasteiger partial charge in [-0.05, 0) is 50.1 Å². The summed E-state index contributed by atoms with van der Waals surface area (Å²) in [6, 6.07) is 11.3. The number of anilines is 1. The van der Waals surface area contributed by atoms with Gasteiger partial charge in [0, 0.05) is 11.8 Å². The molecule has 0 radical (unpaired) electrons. The summed E-state index contributed by atoms with van der Waals surface area (Å²) in [5.41, 5.74) is 5.71. The van der Waals surface area contributed by atoms with E-state index >= 15 is 0 Å². The highest BCUT2D eigenvalue weighted by molar-refractivity contribution is 7.17. The number of ether oxygens (including phenoxy) is 1. The Morgan fingerprint density at radius 3 is 2.31 bits per heavy atom. The molecule has 29 heavy (non-hydrogen) atoms. The maximum Gasteiger partial charge on any atom is 0.426 e. The molecule has 0 fully saturated rings. The average molecular weight is 416 g/mol. The number of carbonyl (C=O) groups is 3. The van der Waals surface area contributed by atoms with E-state index in [4.69, 9.17) is 4.74 Å². The smallest absolute Gasteiger partial charge is 0.426 e. The first kappa shape index (κ1) is 22.2. The van der Waals surface area contributed by atoms with Crippen molar-refractivity contribution in [3.63, 3.8) is 0 Å². The second-order valence-electron chi connectivity index (χ2n) is 7.31. The number of hydrazine groups is 1. The zero-order valence-electron chi connectivity index (χ0n) is 16.9. The van der Waals surface area contributed by atoms with Crippen molar-refractivity contribution in [2.75, 3.05) is 5.32 Å². The van der Waals surface area contributed by atoms with Gasteiger partial charge in [0.25, 0.3) is 0 Å². The number of thiophene rings is 1. The van der Waals surface area contributed by atoms with Gasteiger partial charge in [0.2, 0.25) is 11.8 Å². The highest BCUT2D eigenvalue weighted by atomic mass is 32.1. The van der Waals surface area contributed by atoms with Gasteiger partial charge >= 0.3 is 6.09 Å². The second kappa shape index (κ2) is 9.88. The van der Waals surface area contributed by atoms with E-state index in [1.54, 1.807) is 20.8 Å². The van der Waals surface area contributed by atoms with Crippen molar-refractivity contribution < 1.29 is 19.1 Å². The fourth-order valence-electron chi connectivity index (χ4n) is 2.26. The molecule has 0 atom stereocenters. The van der Waals surface area contributed by atoms with E-state index in [1.807, 2.05) is 48.6 Å². The molecule has 0 unspecified atom stereocenters. The van der Waals surface area contributed by atoms with Crippen LogP contribution in [0.4, 0.5) is 9.80 Å². The van der Waals surface area contributed by atoms with Crippen molar-refractivity contribution >= 4 is 46.4 Å². The van der Waals surface area contributed by atoms with E-state index in [1.165, 1.54) is 18.3 Å². The lowest BCUT2D eigenvalue weighted by atomic mass is 10.1. The lowest BCUT2D eigenvalue weighted by Gasteiger charge is -2.19. The van der Waals surface area contributed by atoms with Gasteiger partial charge in [-0.2, -0.15) is 0 Å². The summed E-state index contributed by atoms with van der Waals surface area (Å²) >= 11 is 1.49. The monoisotopic (exact) mass is 415 g/mol. The fourth-order valence-corrected chi connectivity index (χ4v) is 3.12. The van der Waals surface area contributed by atoms with Gasteiger partial charge < -0.3 is 10.1 Å². The maximum absolute atomic E-state index is 11.9. The molecule has 3 amide bonds. The van der Waals surface area contributed by atoms with Crippen LogP contribution in [-0.4, -0.2) is 23.5 Å². The molecule has 154 valence electrons. The standard InChI is InChI=1S/C21H25N3O4S/c1-14(25)22-19-12-11-17(29-19)10-9-15-5-7-16(8-6-15)13-18(26)23-24-20(27)28-21(2,3)4/h5-12H,13H2,1-4H3,(H,22,25)(H,23,26)(H,24,27). The number of hydrogen-bond acceptors (Lipinski definition) is 5. The first-order valence-electron chi connectivity index (χ1n) is 9.03. The molecule has 2 aromatic rings. The molecule has 0 spiro atoms. The predicted molar refractivity (Wildman–Crippen MR) is 115 cm³/mol. The minimum Gasteiger partial charge on any atom is -0.443 e. The molecule has 0 aliphatic rings. The summed E-state index contributed by atoms with van der Waals surface area (Å²) in [6.45, 7) is 6.70. The molecule has 0 saturated heterocycles. The zero-order chi connectivity index (χ0) is 21.4. The Kier molecular flexibility index (Phi) is 7.55. The van der Waals surface area contributed by atoms with Crippen LogP contribution in [0.1, 0.15) is 43.7 Å². The van der Waals surface area contributed by atoms with E-state index in [0.29, 0.717) is 0 Å². The molecule has 0 saturated carbocycles. The molecule has 0 aliphatic heterocycles. The molecule has 0 aliphatic carbocycles. The van der Waals surface area contributed by atoms with Crippen LogP contribution in [0, 0.1) is 0 Å². The summed E-state index contributed by atoms with van der Waals surface area (Å²) in [5, 5.41) is 3.56. The molecular weight excluding hydrogens is 390 g/mol. The van der Waals surface area contributed by atoms with Crippen LogP contribution >= 0.6 is 11.3 Å². The Hall–Kier alpha value is -3.13. The summed E-state index contributed by atoms with van der Waals surface area (Å²) in [5.74, 6) is -0.438. The molecule has 2 rings (SSSR count). The largest absolute Gasteiger partial charge is 0.443 e. The Bertz CT molecular complexity index is 895. The third-order valence-corrected chi connectivity index (χ3v) is 4.38. The number of rotatable bonds is 5. The van der Waals surface area contributed by atoms with Crippen LogP contribution < -0.4 is 16.2 Å². The van der Waals surface area contributed by atoms with Crippen molar-refractivity contribution in [3.8, 4) is 0 Å². The Morgan fingerprint density at radius 2 is 1.69 bits per heavy atom. The van der Waals surface area contributed by atoms with Crippen molar-refractivity contribution in [1.82, 2.24) is 10.9 Å². The van der Waals surface area contributed by atoms with E-state index in [-0.39, 0.29) is 18.2 Å². The SMILES string of the molecule is CC(=O)Nc1ccc(C=Cc2ccc(CC(=O)NNC(=O)OC(C)(C)C)cc2)s1. The molecule has 3 N–H and O–H groups in total. The van der Waals surface area contributed by atoms with Gasteiger partial charge in [-0.3, -0.25) is 15.0 Å². The molecule has 1 aromatic carbocycles. The number of benzene rings is 1. The first-order chi connectivity index (χ1) is 13.6. The Labute approximate surface area is 174 Å². The highest BCUT2D eigenvalue weighted by Gasteiger charge is 2.16. The molecule has 8 heteroatoms. The third-order valence-electron chi connectivity index (χ3n) is 3.41. The van der Waals surface area contributed by atoms with Crippen LogP contribution in [-0.2, 0) is 20.7 Å². The van der Waals surface area contributed by atoms with Gasteiger partial charge in [-0.15, -0.1) is 11.3 Å². The molecule has 0 bridgehead atoms. The minimum atomic E-state index is -0.707. The van der Waals surface area contributed by atoms with E-state index in [2.05, 4.69) is 16.2 Å². The predicted octanol–water partition coefficient (Wildman–Crippen LogP) is 3.98. The van der Waals surface area contributed by atoms with Crippen LogP contribution in [0.5, 0.6) is 0 Å². The summed E-state index contributed by atoms with van der Waals surface area (Å²) < 4.78 is 5.05.